The summed E-state index contributed by atoms with van der Waals surface area (Å²) < 4.78 is 5.50. The van der Waals surface area contributed by atoms with Gasteiger partial charge in [-0.3, -0.25) is 14.8 Å². The van der Waals surface area contributed by atoms with Gasteiger partial charge in [0.2, 0.25) is 5.91 Å². The van der Waals surface area contributed by atoms with E-state index in [1.54, 1.807) is 16.0 Å². The molecule has 0 radical (unpaired) electrons. The Morgan fingerprint density at radius 2 is 2.07 bits per heavy atom. The molecule has 30 heavy (non-hydrogen) atoms. The highest BCUT2D eigenvalue weighted by Gasteiger charge is 2.40. The van der Waals surface area contributed by atoms with Gasteiger partial charge in [-0.25, -0.2) is 4.79 Å². The van der Waals surface area contributed by atoms with Crippen molar-refractivity contribution in [2.75, 3.05) is 18.0 Å². The fraction of sp³-hybridized carbons (Fsp3) is 0.455. The summed E-state index contributed by atoms with van der Waals surface area (Å²) >= 11 is 0. The van der Waals surface area contributed by atoms with Crippen molar-refractivity contribution in [1.29, 1.82) is 5.26 Å². The van der Waals surface area contributed by atoms with Crippen LogP contribution in [0.25, 0.3) is 11.1 Å². The molecule has 0 aliphatic carbocycles. The highest BCUT2D eigenvalue weighted by Crippen LogP contribution is 2.38. The van der Waals surface area contributed by atoms with Crippen molar-refractivity contribution in [3.8, 4) is 17.2 Å². The SMILES string of the molecule is CC(C)(C)OC(=O)N1CCCC1C(=O)N1CCc2c(-c3cn[nH]c3C#N)cccc21. The van der Waals surface area contributed by atoms with Crippen LogP contribution in [-0.2, 0) is 16.0 Å². The second-order valence-electron chi connectivity index (χ2n) is 8.65. The molecular formula is C22H25N5O3. The molecule has 2 aliphatic rings. The first-order valence-electron chi connectivity index (χ1n) is 10.2. The number of benzene rings is 1. The Balaban J connectivity index is 1.61. The van der Waals surface area contributed by atoms with Crippen molar-refractivity contribution in [1.82, 2.24) is 15.1 Å². The quantitative estimate of drug-likeness (QED) is 0.823. The Morgan fingerprint density at radius 1 is 1.27 bits per heavy atom. The van der Waals surface area contributed by atoms with Crippen LogP contribution < -0.4 is 4.90 Å². The third-order valence-electron chi connectivity index (χ3n) is 5.50. The Morgan fingerprint density at radius 3 is 2.80 bits per heavy atom. The Bertz CT molecular complexity index is 1030. The van der Waals surface area contributed by atoms with Crippen molar-refractivity contribution < 1.29 is 14.3 Å². The number of nitrogens with zero attached hydrogens (tertiary/aromatic N) is 4. The standard InChI is InChI=1S/C22H25N5O3/c1-22(2,3)30-21(29)27-10-5-8-19(27)20(28)26-11-9-15-14(6-4-7-18(15)26)16-13-24-25-17(16)12-23/h4,6-7,13,19H,5,8-11H2,1-3H3,(H,24,25). The summed E-state index contributed by atoms with van der Waals surface area (Å²) in [6.45, 7) is 6.53. The molecule has 1 fully saturated rings. The third-order valence-corrected chi connectivity index (χ3v) is 5.50. The number of amides is 2. The first-order chi connectivity index (χ1) is 14.3. The Hall–Kier alpha value is -3.34. The molecule has 2 aromatic rings. The predicted octanol–water partition coefficient (Wildman–Crippen LogP) is 3.24. The van der Waals surface area contributed by atoms with Crippen molar-refractivity contribution in [2.24, 2.45) is 0 Å². The molecule has 3 heterocycles. The zero-order valence-corrected chi connectivity index (χ0v) is 17.4. The molecule has 0 saturated carbocycles. The maximum Gasteiger partial charge on any atom is 0.410 e. The Kier molecular flexibility index (Phi) is 4.98. The van der Waals surface area contributed by atoms with Gasteiger partial charge in [0.15, 0.2) is 0 Å². The lowest BCUT2D eigenvalue weighted by molar-refractivity contribution is -0.122. The van der Waals surface area contributed by atoms with Crippen LogP contribution in [-0.4, -0.2) is 51.8 Å². The van der Waals surface area contributed by atoms with Crippen LogP contribution >= 0.6 is 0 Å². The second kappa shape index (κ2) is 7.48. The van der Waals surface area contributed by atoms with Crippen LogP contribution in [0.4, 0.5) is 10.5 Å². The van der Waals surface area contributed by atoms with Crippen LogP contribution in [0.2, 0.25) is 0 Å². The number of aromatic amines is 1. The number of rotatable bonds is 2. The number of nitriles is 1. The molecule has 156 valence electrons. The number of H-pyrrole nitrogens is 1. The molecular weight excluding hydrogens is 382 g/mol. The third kappa shape index (κ3) is 3.52. The molecule has 1 N–H and O–H groups in total. The molecule has 2 aliphatic heterocycles. The lowest BCUT2D eigenvalue weighted by Gasteiger charge is -2.30. The number of aromatic nitrogens is 2. The topological polar surface area (TPSA) is 102 Å². The van der Waals surface area contributed by atoms with Gasteiger partial charge in [-0.2, -0.15) is 10.4 Å². The van der Waals surface area contributed by atoms with E-state index in [9.17, 15) is 14.9 Å². The van der Waals surface area contributed by atoms with Gasteiger partial charge >= 0.3 is 6.09 Å². The van der Waals surface area contributed by atoms with Crippen LogP contribution in [0.5, 0.6) is 0 Å². The summed E-state index contributed by atoms with van der Waals surface area (Å²) in [5.41, 5.74) is 3.29. The maximum atomic E-state index is 13.4. The average Bonchev–Trinajstić information content (AvgIpc) is 3.44. The molecule has 0 spiro atoms. The van der Waals surface area contributed by atoms with Crippen molar-refractivity contribution in [3.05, 3.63) is 35.7 Å². The minimum absolute atomic E-state index is 0.0815. The first-order valence-corrected chi connectivity index (χ1v) is 10.2. The summed E-state index contributed by atoms with van der Waals surface area (Å²) in [5.74, 6) is -0.0815. The number of nitrogens with one attached hydrogen (secondary N) is 1. The molecule has 8 nitrogen and oxygen atoms in total. The van der Waals surface area contributed by atoms with Gasteiger partial charge in [-0.05, 0) is 57.2 Å². The summed E-state index contributed by atoms with van der Waals surface area (Å²) in [4.78, 5) is 29.3. The summed E-state index contributed by atoms with van der Waals surface area (Å²) in [6.07, 6.45) is 3.29. The van der Waals surface area contributed by atoms with Gasteiger partial charge in [0.1, 0.15) is 23.4 Å². The van der Waals surface area contributed by atoms with E-state index < -0.39 is 17.7 Å². The number of likely N-dealkylation sites (tertiary alicyclic amines) is 1. The van der Waals surface area contributed by atoms with Gasteiger partial charge in [-0.15, -0.1) is 0 Å². The number of hydrogen-bond donors (Lipinski definition) is 1. The smallest absolute Gasteiger partial charge is 0.410 e. The predicted molar refractivity (Wildman–Crippen MR) is 111 cm³/mol. The van der Waals surface area contributed by atoms with Crippen LogP contribution in [0.3, 0.4) is 0 Å². The van der Waals surface area contributed by atoms with Gasteiger partial charge in [0.05, 0.1) is 6.20 Å². The first kappa shape index (κ1) is 20.0. The van der Waals surface area contributed by atoms with Crippen LogP contribution in [0.1, 0.15) is 44.9 Å². The monoisotopic (exact) mass is 407 g/mol. The zero-order chi connectivity index (χ0) is 21.5. The zero-order valence-electron chi connectivity index (χ0n) is 17.4. The largest absolute Gasteiger partial charge is 0.444 e. The molecule has 1 aromatic heterocycles. The number of ether oxygens (including phenoxy) is 1. The number of carbonyl (C=O) groups excluding carboxylic acids is 2. The van der Waals surface area contributed by atoms with Crippen LogP contribution in [0.15, 0.2) is 24.4 Å². The fourth-order valence-electron chi connectivity index (χ4n) is 4.23. The molecule has 0 bridgehead atoms. The number of hydrogen-bond acceptors (Lipinski definition) is 5. The second-order valence-corrected chi connectivity index (χ2v) is 8.65. The molecule has 1 unspecified atom stereocenters. The van der Waals surface area contributed by atoms with E-state index in [1.165, 1.54) is 0 Å². The molecule has 1 saturated heterocycles. The van der Waals surface area contributed by atoms with E-state index in [0.29, 0.717) is 31.6 Å². The van der Waals surface area contributed by atoms with E-state index in [-0.39, 0.29) is 5.91 Å². The number of fused-ring (bicyclic) bond motifs is 1. The van der Waals surface area contributed by atoms with Crippen molar-refractivity contribution in [2.45, 2.75) is 51.7 Å². The number of anilines is 1. The van der Waals surface area contributed by atoms with E-state index >= 15 is 0 Å². The molecule has 1 aromatic carbocycles. The van der Waals surface area contributed by atoms with Crippen molar-refractivity contribution in [3.63, 3.8) is 0 Å². The summed E-state index contributed by atoms with van der Waals surface area (Å²) in [6, 6.07) is 7.36. The fourth-order valence-corrected chi connectivity index (χ4v) is 4.23. The van der Waals surface area contributed by atoms with E-state index in [0.717, 1.165) is 28.8 Å². The number of carbonyl (C=O) groups is 2. The highest BCUT2D eigenvalue weighted by atomic mass is 16.6. The lowest BCUT2D eigenvalue weighted by atomic mass is 9.98. The molecule has 2 amide bonds. The highest BCUT2D eigenvalue weighted by molar-refractivity contribution is 6.01. The molecule has 8 heteroatoms. The Labute approximate surface area is 175 Å². The van der Waals surface area contributed by atoms with Gasteiger partial charge in [0, 0.05) is 24.3 Å². The van der Waals surface area contributed by atoms with Gasteiger partial charge in [-0.1, -0.05) is 12.1 Å². The molecule has 4 rings (SSSR count). The summed E-state index contributed by atoms with van der Waals surface area (Å²) in [5, 5.41) is 16.0. The van der Waals surface area contributed by atoms with E-state index in [2.05, 4.69) is 16.3 Å². The lowest BCUT2D eigenvalue weighted by Crippen LogP contribution is -2.48. The average molecular weight is 407 g/mol. The maximum absolute atomic E-state index is 13.4. The minimum atomic E-state index is -0.606. The summed E-state index contributed by atoms with van der Waals surface area (Å²) in [7, 11) is 0. The molecule has 1 atom stereocenters. The van der Waals surface area contributed by atoms with Gasteiger partial charge < -0.3 is 9.64 Å². The van der Waals surface area contributed by atoms with Crippen LogP contribution in [0, 0.1) is 11.3 Å². The van der Waals surface area contributed by atoms with E-state index in [1.807, 2.05) is 39.0 Å². The minimum Gasteiger partial charge on any atom is -0.444 e. The normalized spacial score (nSPS) is 18.3. The van der Waals surface area contributed by atoms with E-state index in [4.69, 9.17) is 4.74 Å². The van der Waals surface area contributed by atoms with Gasteiger partial charge in [0.25, 0.3) is 0 Å². The van der Waals surface area contributed by atoms with Crippen molar-refractivity contribution >= 4 is 17.7 Å².